The Hall–Kier alpha value is -4.07. The van der Waals surface area contributed by atoms with Crippen LogP contribution in [0, 0.1) is 23.7 Å². The summed E-state index contributed by atoms with van der Waals surface area (Å²) in [6.07, 6.45) is 28.0. The predicted molar refractivity (Wildman–Crippen MR) is 339 cm³/mol. The maximum absolute atomic E-state index is 10.9. The highest BCUT2D eigenvalue weighted by Gasteiger charge is 2.27. The summed E-state index contributed by atoms with van der Waals surface area (Å²) in [5, 5.41) is 11.6. The molecule has 9 atom stereocenters. The zero-order chi connectivity index (χ0) is 63.2. The lowest BCUT2D eigenvalue weighted by Crippen LogP contribution is -2.27. The second-order valence-corrected chi connectivity index (χ2v) is 23.6. The van der Waals surface area contributed by atoms with Crippen molar-refractivity contribution in [3.05, 3.63) is 0 Å². The van der Waals surface area contributed by atoms with E-state index in [1.807, 2.05) is 37.6 Å². The summed E-state index contributed by atoms with van der Waals surface area (Å²) < 4.78 is 24.8. The van der Waals surface area contributed by atoms with Crippen LogP contribution < -0.4 is 21.3 Å². The summed E-state index contributed by atoms with van der Waals surface area (Å²) in [6, 6.07) is 1.71. The molecule has 11 aliphatic heterocycles. The first-order valence-corrected chi connectivity index (χ1v) is 34.0. The van der Waals surface area contributed by atoms with Gasteiger partial charge in [-0.15, -0.1) is 0 Å². The summed E-state index contributed by atoms with van der Waals surface area (Å²) >= 11 is 0. The van der Waals surface area contributed by atoms with Gasteiger partial charge in [-0.2, -0.15) is 0 Å². The minimum absolute atomic E-state index is 0.00694. The van der Waals surface area contributed by atoms with Gasteiger partial charge in [0.1, 0.15) is 6.10 Å². The third-order valence-electron chi connectivity index (χ3n) is 17.5. The number of carbonyl (C=O) groups excluding carboxylic acids is 7. The number of amides is 5. The fourth-order valence-electron chi connectivity index (χ4n) is 10.8. The fraction of sp³-hybridized carbons (Fsp3) is 0.894. The van der Waals surface area contributed by atoms with Gasteiger partial charge in [-0.05, 0) is 167 Å². The first kappa shape index (κ1) is 78.9. The van der Waals surface area contributed by atoms with Crippen molar-refractivity contribution in [3.8, 4) is 0 Å². The Morgan fingerprint density at radius 3 is 1.47 bits per heavy atom. The highest BCUT2D eigenvalue weighted by molar-refractivity contribution is 5.80. The monoisotopic (exact) mass is 1210 g/mol. The minimum Gasteiger partial charge on any atom is -0.465 e. The molecule has 9 unspecified atom stereocenters. The Kier molecular flexibility index (Phi) is 46.3. The van der Waals surface area contributed by atoms with Gasteiger partial charge in [0.15, 0.2) is 0 Å². The quantitative estimate of drug-likeness (QED) is 0.112. The molecule has 0 spiro atoms. The van der Waals surface area contributed by atoms with Crippen LogP contribution in [0.2, 0.25) is 0 Å². The van der Waals surface area contributed by atoms with E-state index < -0.39 is 0 Å². The molecule has 11 heterocycles. The fourth-order valence-corrected chi connectivity index (χ4v) is 10.8. The number of carbonyl (C=O) groups is 7. The van der Waals surface area contributed by atoms with E-state index in [4.69, 9.17) is 23.7 Å². The molecule has 11 rings (SSSR count). The molecule has 85 heavy (non-hydrogen) atoms. The Labute approximate surface area is 516 Å². The zero-order valence-electron chi connectivity index (χ0n) is 55.8. The van der Waals surface area contributed by atoms with Crippen molar-refractivity contribution in [1.82, 2.24) is 36.0 Å². The van der Waals surface area contributed by atoms with Crippen LogP contribution in [0.4, 0.5) is 4.79 Å². The van der Waals surface area contributed by atoms with Gasteiger partial charge in [0.2, 0.25) is 17.7 Å². The van der Waals surface area contributed by atoms with E-state index in [1.165, 1.54) is 90.4 Å². The molecule has 0 saturated carbocycles. The largest absolute Gasteiger partial charge is 0.465 e. The van der Waals surface area contributed by atoms with Crippen molar-refractivity contribution in [2.45, 2.75) is 267 Å². The van der Waals surface area contributed by atoms with Crippen LogP contribution in [0.5, 0.6) is 0 Å². The maximum atomic E-state index is 10.9. The molecule has 19 heteroatoms. The molecule has 0 aromatic carbocycles. The Morgan fingerprint density at radius 1 is 0.506 bits per heavy atom. The molecule has 0 aliphatic carbocycles. The van der Waals surface area contributed by atoms with E-state index in [0.29, 0.717) is 67.9 Å². The summed E-state index contributed by atoms with van der Waals surface area (Å²) in [7, 11) is 1.89. The van der Waals surface area contributed by atoms with Crippen LogP contribution in [-0.2, 0) is 52.5 Å². The van der Waals surface area contributed by atoms with Crippen LogP contribution in [0.15, 0.2) is 0 Å². The van der Waals surface area contributed by atoms with E-state index in [2.05, 4.69) is 81.6 Å². The van der Waals surface area contributed by atoms with Crippen LogP contribution in [0.3, 0.4) is 0 Å². The average Bonchev–Trinajstić information content (AvgIpc) is 4.43. The van der Waals surface area contributed by atoms with Gasteiger partial charge < -0.3 is 59.7 Å². The number of likely N-dealkylation sites (tertiary alicyclic amines) is 3. The molecule has 0 aromatic heterocycles. The van der Waals surface area contributed by atoms with Crippen molar-refractivity contribution < 1.29 is 57.2 Å². The van der Waals surface area contributed by atoms with E-state index in [0.717, 1.165) is 141 Å². The first-order valence-electron chi connectivity index (χ1n) is 34.0. The molecule has 5 amide bonds. The van der Waals surface area contributed by atoms with Crippen molar-refractivity contribution >= 4 is 41.7 Å². The summed E-state index contributed by atoms with van der Waals surface area (Å²) in [5.41, 5.74) is 0. The van der Waals surface area contributed by atoms with Crippen LogP contribution in [0.25, 0.3) is 0 Å². The molecule has 0 bridgehead atoms. The van der Waals surface area contributed by atoms with Crippen LogP contribution in [0.1, 0.15) is 237 Å². The molecule has 11 aliphatic rings. The number of urea groups is 1. The van der Waals surface area contributed by atoms with Crippen LogP contribution >= 0.6 is 0 Å². The van der Waals surface area contributed by atoms with Gasteiger partial charge in [0.25, 0.3) is 0 Å². The normalized spacial score (nSPS) is 27.6. The standard InChI is InChI=1S/C7H13NO.2C6H11NO.2C6H13N.3C6H10O2.2C6H12O.C5H10N2O/c1-3-6-4-5-7(9)8(6)2;1-2-7-5-3-4-6(7)8;1-2-5-3-4-7-6(5)8;1-2-7-5-3-4-6-7;1-2-6-4-3-5-7-6;1-2-5-3-6(7)8-4-5;1-2-5-3-4-8-6(5)7;1-2-5-3-4-6(7)8-5;1-2-6-3-4-7-5-6;1-2-6-4-3-5-7-6;1-2-4-3-6-5(8)7-4/h6H,3-5H2,1-2H3;2-5H2,1H3;5H,2-4H2,1H3,(H,7,8);2-6H2,1H3;6-7H,2-5H2,1H3;3*5H,2-4H2,1H3;2*6H,2-5H2,1H3;4H,2-3H2,1H3,(H2,6,7,8). The van der Waals surface area contributed by atoms with Gasteiger partial charge >= 0.3 is 23.9 Å². The Balaban J connectivity index is 0.000000468. The van der Waals surface area contributed by atoms with Crippen LogP contribution in [-0.4, -0.2) is 179 Å². The van der Waals surface area contributed by atoms with Crippen molar-refractivity contribution in [2.24, 2.45) is 23.7 Å². The molecule has 0 radical (unpaired) electrons. The number of esters is 3. The summed E-state index contributed by atoms with van der Waals surface area (Å²) in [4.78, 5) is 80.3. The zero-order valence-corrected chi connectivity index (χ0v) is 55.8. The second kappa shape index (κ2) is 49.9. The van der Waals surface area contributed by atoms with E-state index in [9.17, 15) is 33.6 Å². The SMILES string of the molecule is CCC1CCC(=O)N1C.CCC1CCC(=O)O1.CCC1CCCN1.CCC1CCCO1.CCC1CCNC1=O.CCC1CCOC1.CCC1CCOC1=O.CCC1CNC(=O)N1.CCC1COC(=O)C1.CCN1CCCC1.CCN1CCCC1=O. The lowest BCUT2D eigenvalue weighted by Gasteiger charge is -2.16. The lowest BCUT2D eigenvalue weighted by atomic mass is 10.1. The third-order valence-corrected chi connectivity index (χ3v) is 17.5. The number of cyclic esters (lactones) is 3. The van der Waals surface area contributed by atoms with Gasteiger partial charge in [-0.25, -0.2) is 4.79 Å². The summed E-state index contributed by atoms with van der Waals surface area (Å²) in [6.45, 7) is 36.2. The number of nitrogens with zero attached hydrogens (tertiary/aromatic N) is 3. The molecule has 19 nitrogen and oxygen atoms in total. The number of ether oxygens (including phenoxy) is 5. The number of nitrogens with one attached hydrogen (secondary N) is 4. The molecule has 11 saturated heterocycles. The number of hydrogen-bond donors (Lipinski definition) is 4. The first-order chi connectivity index (χ1) is 41.0. The van der Waals surface area contributed by atoms with Gasteiger partial charge in [-0.3, -0.25) is 28.8 Å². The van der Waals surface area contributed by atoms with Gasteiger partial charge in [0.05, 0.1) is 31.7 Å². The van der Waals surface area contributed by atoms with E-state index >= 15 is 0 Å². The topological polar surface area (TPSA) is 223 Å². The van der Waals surface area contributed by atoms with E-state index in [1.54, 1.807) is 0 Å². The Morgan fingerprint density at radius 2 is 1.21 bits per heavy atom. The van der Waals surface area contributed by atoms with Crippen molar-refractivity contribution in [3.63, 3.8) is 0 Å². The number of rotatable bonds is 11. The van der Waals surface area contributed by atoms with Crippen molar-refractivity contribution in [1.29, 1.82) is 0 Å². The minimum atomic E-state index is -0.0307. The Bertz CT molecular complexity index is 1590. The molecule has 0 aromatic rings. The molecule has 11 fully saturated rings. The molecular weight excluding hydrogens is 1080 g/mol. The maximum Gasteiger partial charge on any atom is 0.315 e. The molecular formula is C66H125N7O12. The lowest BCUT2D eigenvalue weighted by molar-refractivity contribution is -0.142. The highest BCUT2D eigenvalue weighted by Crippen LogP contribution is 2.20. The van der Waals surface area contributed by atoms with E-state index in [-0.39, 0.29) is 41.9 Å². The second-order valence-electron chi connectivity index (χ2n) is 23.6. The third kappa shape index (κ3) is 36.1. The van der Waals surface area contributed by atoms with Gasteiger partial charge in [-0.1, -0.05) is 75.7 Å². The number of hydrogen-bond acceptors (Lipinski definition) is 14. The average molecular weight is 1210 g/mol. The smallest absolute Gasteiger partial charge is 0.315 e. The highest BCUT2D eigenvalue weighted by atomic mass is 16.6. The predicted octanol–water partition coefficient (Wildman–Crippen LogP) is 10.5. The molecule has 4 N–H and O–H groups in total. The molecule has 496 valence electrons. The summed E-state index contributed by atoms with van der Waals surface area (Å²) in [5.74, 6) is 2.70. The van der Waals surface area contributed by atoms with Gasteiger partial charge in [0, 0.05) is 102 Å². The van der Waals surface area contributed by atoms with Crippen molar-refractivity contribution in [2.75, 3.05) is 92.4 Å².